The number of benzene rings is 3. The number of carboxylic acids is 1. The largest absolute Gasteiger partial charge is 0.487 e. The predicted octanol–water partition coefficient (Wildman–Crippen LogP) is 4.72. The highest BCUT2D eigenvalue weighted by Gasteiger charge is 2.08. The van der Waals surface area contributed by atoms with Crippen molar-refractivity contribution in [2.75, 3.05) is 0 Å². The molecular weight excluding hydrogens is 442 g/mol. The Hall–Kier alpha value is -4.85. The van der Waals surface area contributed by atoms with Gasteiger partial charge in [-0.3, -0.25) is 4.79 Å². The molecule has 0 aliphatic rings. The third-order valence-corrected chi connectivity index (χ3v) is 5.27. The van der Waals surface area contributed by atoms with Crippen molar-refractivity contribution in [2.45, 2.75) is 13.2 Å². The summed E-state index contributed by atoms with van der Waals surface area (Å²) in [7, 11) is 0. The quantitative estimate of drug-likeness (QED) is 0.332. The Balaban J connectivity index is 1.21. The molecule has 0 spiro atoms. The summed E-state index contributed by atoms with van der Waals surface area (Å²) >= 11 is 0. The molecule has 5 aromatic rings. The van der Waals surface area contributed by atoms with Crippen molar-refractivity contribution in [3.8, 4) is 17.1 Å². The molecule has 0 amide bonds. The molecule has 0 radical (unpaired) electrons. The predicted molar refractivity (Wildman–Crippen MR) is 132 cm³/mol. The first-order valence-corrected chi connectivity index (χ1v) is 11.0. The third-order valence-electron chi connectivity index (χ3n) is 5.27. The summed E-state index contributed by atoms with van der Waals surface area (Å²) in [5.74, 6) is 0.130. The molecule has 0 unspecified atom stereocenters. The standard InChI is InChI=1S/C27H21N5O3/c33-26(34)17-32-30-27(29-31-32)22-6-3-4-20(16-22)9-8-19-10-14-24(15-11-19)35-18-23-13-12-21-5-1-2-7-25(21)28-23/h1-16H,17-18H2,(H,33,34)/b9-8+. The van der Waals surface area contributed by atoms with Gasteiger partial charge >= 0.3 is 5.97 Å². The van der Waals surface area contributed by atoms with Crippen LogP contribution in [0.2, 0.25) is 0 Å². The maximum atomic E-state index is 10.8. The first-order valence-electron chi connectivity index (χ1n) is 11.0. The molecule has 0 atom stereocenters. The van der Waals surface area contributed by atoms with Crippen LogP contribution in [0.25, 0.3) is 34.4 Å². The number of carboxylic acid groups (broad SMARTS) is 1. The van der Waals surface area contributed by atoms with E-state index in [0.29, 0.717) is 12.4 Å². The summed E-state index contributed by atoms with van der Waals surface area (Å²) in [4.78, 5) is 16.5. The molecule has 0 bridgehead atoms. The van der Waals surface area contributed by atoms with Crippen LogP contribution in [0.3, 0.4) is 0 Å². The summed E-state index contributed by atoms with van der Waals surface area (Å²) in [6.07, 6.45) is 3.99. The fourth-order valence-corrected chi connectivity index (χ4v) is 3.54. The number of pyridine rings is 1. The van der Waals surface area contributed by atoms with Crippen LogP contribution in [0.15, 0.2) is 84.9 Å². The van der Waals surface area contributed by atoms with E-state index in [2.05, 4.69) is 26.5 Å². The Morgan fingerprint density at radius 1 is 0.914 bits per heavy atom. The van der Waals surface area contributed by atoms with Crippen molar-refractivity contribution in [1.82, 2.24) is 25.2 Å². The molecule has 0 fully saturated rings. The highest BCUT2D eigenvalue weighted by molar-refractivity contribution is 5.78. The summed E-state index contributed by atoms with van der Waals surface area (Å²) in [5.41, 5.74) is 4.58. The SMILES string of the molecule is O=C(O)Cn1nnc(-c2cccc(/C=C/c3ccc(OCc4ccc5ccccc5n4)cc3)c2)n1. The monoisotopic (exact) mass is 463 g/mol. The molecule has 3 aromatic carbocycles. The molecule has 35 heavy (non-hydrogen) atoms. The first kappa shape index (κ1) is 22.0. The van der Waals surface area contributed by atoms with Crippen LogP contribution < -0.4 is 4.74 Å². The van der Waals surface area contributed by atoms with Gasteiger partial charge in [0, 0.05) is 10.9 Å². The minimum absolute atomic E-state index is 0.328. The summed E-state index contributed by atoms with van der Waals surface area (Å²) in [6.45, 7) is 0.0724. The average molecular weight is 463 g/mol. The number of ether oxygens (including phenoxy) is 1. The summed E-state index contributed by atoms with van der Waals surface area (Å²) < 4.78 is 5.90. The maximum absolute atomic E-state index is 10.8. The highest BCUT2D eigenvalue weighted by atomic mass is 16.5. The van der Waals surface area contributed by atoms with Crippen LogP contribution >= 0.6 is 0 Å². The van der Waals surface area contributed by atoms with Crippen molar-refractivity contribution in [2.24, 2.45) is 0 Å². The van der Waals surface area contributed by atoms with E-state index in [9.17, 15) is 4.79 Å². The van der Waals surface area contributed by atoms with Gasteiger partial charge in [0.05, 0.1) is 11.2 Å². The third kappa shape index (κ3) is 5.56. The van der Waals surface area contributed by atoms with Crippen molar-refractivity contribution < 1.29 is 14.6 Å². The van der Waals surface area contributed by atoms with Gasteiger partial charge in [0.25, 0.3) is 0 Å². The molecule has 5 rings (SSSR count). The van der Waals surface area contributed by atoms with E-state index >= 15 is 0 Å². The zero-order valence-electron chi connectivity index (χ0n) is 18.7. The molecule has 2 aromatic heterocycles. The lowest BCUT2D eigenvalue weighted by Gasteiger charge is -2.07. The first-order chi connectivity index (χ1) is 17.1. The number of tetrazole rings is 1. The Morgan fingerprint density at radius 2 is 1.74 bits per heavy atom. The Morgan fingerprint density at radius 3 is 2.60 bits per heavy atom. The van der Waals surface area contributed by atoms with Crippen LogP contribution in [0.5, 0.6) is 5.75 Å². The van der Waals surface area contributed by atoms with Gasteiger partial charge in [-0.05, 0) is 46.7 Å². The number of rotatable bonds is 8. The molecule has 0 aliphatic carbocycles. The number of fused-ring (bicyclic) bond motifs is 1. The van der Waals surface area contributed by atoms with E-state index in [1.807, 2.05) is 91.0 Å². The molecule has 8 nitrogen and oxygen atoms in total. The molecule has 172 valence electrons. The number of hydrogen-bond donors (Lipinski definition) is 1. The molecule has 1 N–H and O–H groups in total. The van der Waals surface area contributed by atoms with Gasteiger partial charge in [-0.25, -0.2) is 4.98 Å². The molecule has 8 heteroatoms. The van der Waals surface area contributed by atoms with Crippen molar-refractivity contribution in [1.29, 1.82) is 0 Å². The Bertz CT molecular complexity index is 1510. The Labute approximate surface area is 201 Å². The zero-order chi connectivity index (χ0) is 24.0. The van der Waals surface area contributed by atoms with E-state index in [-0.39, 0.29) is 6.54 Å². The van der Waals surface area contributed by atoms with Crippen LogP contribution in [-0.2, 0) is 17.9 Å². The lowest BCUT2D eigenvalue weighted by molar-refractivity contribution is -0.138. The van der Waals surface area contributed by atoms with Crippen molar-refractivity contribution >= 4 is 29.0 Å². The molecular formula is C27H21N5O3. The number of aromatic nitrogens is 5. The van der Waals surface area contributed by atoms with Crippen LogP contribution in [-0.4, -0.2) is 36.3 Å². The topological polar surface area (TPSA) is 103 Å². The molecule has 2 heterocycles. The lowest BCUT2D eigenvalue weighted by atomic mass is 10.1. The van der Waals surface area contributed by atoms with Gasteiger partial charge < -0.3 is 9.84 Å². The maximum Gasteiger partial charge on any atom is 0.327 e. The lowest BCUT2D eigenvalue weighted by Crippen LogP contribution is -2.11. The van der Waals surface area contributed by atoms with E-state index in [1.165, 1.54) is 0 Å². The number of aliphatic carboxylic acids is 1. The highest BCUT2D eigenvalue weighted by Crippen LogP contribution is 2.19. The fourth-order valence-electron chi connectivity index (χ4n) is 3.54. The second-order valence-corrected chi connectivity index (χ2v) is 7.85. The van der Waals surface area contributed by atoms with Gasteiger partial charge in [0.2, 0.25) is 5.82 Å². The van der Waals surface area contributed by atoms with Gasteiger partial charge in [-0.2, -0.15) is 4.80 Å². The van der Waals surface area contributed by atoms with Crippen LogP contribution in [0.1, 0.15) is 16.8 Å². The minimum atomic E-state index is -1.02. The van der Waals surface area contributed by atoms with E-state index in [4.69, 9.17) is 9.84 Å². The normalized spacial score (nSPS) is 11.2. The van der Waals surface area contributed by atoms with Gasteiger partial charge in [0.1, 0.15) is 12.4 Å². The van der Waals surface area contributed by atoms with Crippen molar-refractivity contribution in [3.05, 3.63) is 102 Å². The van der Waals surface area contributed by atoms with E-state index in [0.717, 1.165) is 43.8 Å². The second kappa shape index (κ2) is 9.96. The number of para-hydroxylation sites is 1. The zero-order valence-corrected chi connectivity index (χ0v) is 18.7. The van der Waals surface area contributed by atoms with Crippen molar-refractivity contribution in [3.63, 3.8) is 0 Å². The van der Waals surface area contributed by atoms with Crippen LogP contribution in [0.4, 0.5) is 0 Å². The smallest absolute Gasteiger partial charge is 0.327 e. The van der Waals surface area contributed by atoms with Crippen LogP contribution in [0, 0.1) is 0 Å². The number of nitrogens with zero attached hydrogens (tertiary/aromatic N) is 5. The summed E-state index contributed by atoms with van der Waals surface area (Å²) in [6, 6.07) is 27.5. The van der Waals surface area contributed by atoms with E-state index in [1.54, 1.807) is 0 Å². The average Bonchev–Trinajstić information content (AvgIpc) is 3.35. The van der Waals surface area contributed by atoms with Gasteiger partial charge in [-0.15, -0.1) is 10.2 Å². The van der Waals surface area contributed by atoms with E-state index < -0.39 is 5.97 Å². The van der Waals surface area contributed by atoms with Gasteiger partial charge in [0.15, 0.2) is 6.54 Å². The molecule has 0 saturated carbocycles. The fraction of sp³-hybridized carbons (Fsp3) is 0.0741. The molecule has 0 saturated heterocycles. The Kier molecular flexibility index (Phi) is 6.25. The van der Waals surface area contributed by atoms with Gasteiger partial charge in [-0.1, -0.05) is 66.7 Å². The second-order valence-electron chi connectivity index (χ2n) is 7.85. The number of carbonyl (C=O) groups is 1. The minimum Gasteiger partial charge on any atom is -0.487 e. The number of hydrogen-bond acceptors (Lipinski definition) is 6. The summed E-state index contributed by atoms with van der Waals surface area (Å²) in [5, 5.41) is 21.8. The molecule has 0 aliphatic heterocycles.